The molecule has 0 bridgehead atoms. The minimum Gasteiger partial charge on any atom is -0.350 e. The average molecular weight is 522 g/mol. The largest absolute Gasteiger partial charge is 0.472 e. The molecule has 1 N–H and O–H groups in total. The first-order chi connectivity index (χ1) is 16.5. The summed E-state index contributed by atoms with van der Waals surface area (Å²) in [7, 11) is -4.20. The number of thiazole rings is 1. The summed E-state index contributed by atoms with van der Waals surface area (Å²) in [4.78, 5) is 21.1. The predicted molar refractivity (Wildman–Crippen MR) is 135 cm³/mol. The van der Waals surface area contributed by atoms with Gasteiger partial charge in [-0.3, -0.25) is 13.8 Å². The van der Waals surface area contributed by atoms with E-state index in [9.17, 15) is 14.3 Å². The summed E-state index contributed by atoms with van der Waals surface area (Å²) < 4.78 is 34.8. The monoisotopic (exact) mass is 521 g/mol. The quantitative estimate of drug-likeness (QED) is 0.150. The van der Waals surface area contributed by atoms with Crippen LogP contribution in [0.1, 0.15) is 96.8 Å². The van der Waals surface area contributed by atoms with Gasteiger partial charge in [0.25, 0.3) is 0 Å². The fourth-order valence-electron chi connectivity index (χ4n) is 4.00. The van der Waals surface area contributed by atoms with Gasteiger partial charge in [0.05, 0.1) is 26.4 Å². The van der Waals surface area contributed by atoms with Gasteiger partial charge < -0.3 is 18.9 Å². The van der Waals surface area contributed by atoms with E-state index in [-0.39, 0.29) is 37.0 Å². The first-order valence-electron chi connectivity index (χ1n) is 13.0. The van der Waals surface area contributed by atoms with Crippen molar-refractivity contribution in [1.29, 1.82) is 0 Å². The molecule has 3 unspecified atom stereocenters. The molecule has 3 atom stereocenters. The van der Waals surface area contributed by atoms with E-state index in [2.05, 4.69) is 6.92 Å². The average Bonchev–Trinajstić information content (AvgIpc) is 3.44. The van der Waals surface area contributed by atoms with E-state index in [0.717, 1.165) is 24.2 Å². The standard InChI is InChI=1S/C24H44NO7PS/c1-2-3-4-5-6-7-8-9-10-11-12-13-14-15-23-29-20-22(32-23)21-31-33(27,28)30-18-16-25-17-19-34-24(25)26/h17,19,22-23H,2-16,18,20-21H2,1H3,(H,27,28). The molecule has 1 aromatic heterocycles. The molecule has 0 amide bonds. The Morgan fingerprint density at radius 3 is 2.24 bits per heavy atom. The van der Waals surface area contributed by atoms with Crippen LogP contribution in [-0.2, 0) is 29.6 Å². The van der Waals surface area contributed by atoms with Crippen LogP contribution >= 0.6 is 19.2 Å². The van der Waals surface area contributed by atoms with Gasteiger partial charge in [-0.05, 0) is 12.8 Å². The molecular formula is C24H44NO7PS. The normalized spacial score (nSPS) is 20.1. The zero-order valence-corrected chi connectivity index (χ0v) is 22.4. The zero-order valence-electron chi connectivity index (χ0n) is 20.7. The second-order valence-corrected chi connectivity index (χ2v) is 11.3. The highest BCUT2D eigenvalue weighted by Crippen LogP contribution is 2.43. The van der Waals surface area contributed by atoms with Gasteiger partial charge in [0.15, 0.2) is 6.29 Å². The zero-order chi connectivity index (χ0) is 24.5. The molecule has 2 rings (SSSR count). The second kappa shape index (κ2) is 17.8. The molecule has 2 heterocycles. The maximum Gasteiger partial charge on any atom is 0.472 e. The summed E-state index contributed by atoms with van der Waals surface area (Å²) in [5.41, 5.74) is 0. The molecule has 8 nitrogen and oxygen atoms in total. The molecular weight excluding hydrogens is 477 g/mol. The molecule has 10 heteroatoms. The van der Waals surface area contributed by atoms with Crippen molar-refractivity contribution in [1.82, 2.24) is 4.57 Å². The SMILES string of the molecule is CCCCCCCCCCCCCCCC1OCC(COP(=O)(O)OCCn2ccsc2=O)O1. The van der Waals surface area contributed by atoms with Crippen molar-refractivity contribution in [2.24, 2.45) is 0 Å². The molecule has 0 saturated carbocycles. The van der Waals surface area contributed by atoms with Gasteiger partial charge in [0.2, 0.25) is 0 Å². The molecule has 0 aliphatic carbocycles. The maximum atomic E-state index is 12.0. The molecule has 198 valence electrons. The summed E-state index contributed by atoms with van der Waals surface area (Å²) in [5, 5.41) is 1.66. The van der Waals surface area contributed by atoms with Gasteiger partial charge in [-0.1, -0.05) is 95.3 Å². The maximum absolute atomic E-state index is 12.0. The highest BCUT2D eigenvalue weighted by Gasteiger charge is 2.29. The van der Waals surface area contributed by atoms with E-state index in [4.69, 9.17) is 18.5 Å². The number of hydrogen-bond acceptors (Lipinski definition) is 7. The molecule has 1 aromatic rings. The van der Waals surface area contributed by atoms with E-state index in [0.29, 0.717) is 6.61 Å². The van der Waals surface area contributed by atoms with Crippen LogP contribution in [0.5, 0.6) is 0 Å². The molecule has 1 aliphatic heterocycles. The van der Waals surface area contributed by atoms with Crippen molar-refractivity contribution in [2.45, 2.75) is 116 Å². The van der Waals surface area contributed by atoms with Crippen LogP contribution in [0.4, 0.5) is 0 Å². The Bertz CT molecular complexity index is 741. The number of rotatable bonds is 21. The fourth-order valence-corrected chi connectivity index (χ4v) is 5.35. The van der Waals surface area contributed by atoms with Crippen molar-refractivity contribution < 1.29 is 28.0 Å². The van der Waals surface area contributed by atoms with Crippen LogP contribution in [0.25, 0.3) is 0 Å². The first-order valence-corrected chi connectivity index (χ1v) is 15.4. The first kappa shape index (κ1) is 29.7. The molecule has 1 fully saturated rings. The lowest BCUT2D eigenvalue weighted by atomic mass is 10.0. The Balaban J connectivity index is 1.40. The van der Waals surface area contributed by atoms with Crippen LogP contribution in [0.15, 0.2) is 16.4 Å². The fraction of sp³-hybridized carbons (Fsp3) is 0.875. The molecule has 34 heavy (non-hydrogen) atoms. The predicted octanol–water partition coefficient (Wildman–Crippen LogP) is 6.27. The highest BCUT2D eigenvalue weighted by molar-refractivity contribution is 7.47. The lowest BCUT2D eigenvalue weighted by Crippen LogP contribution is -2.19. The third kappa shape index (κ3) is 13.5. The molecule has 0 spiro atoms. The van der Waals surface area contributed by atoms with Crippen molar-refractivity contribution in [3.05, 3.63) is 21.2 Å². The number of nitrogens with zero attached hydrogens (tertiary/aromatic N) is 1. The molecule has 0 aromatic carbocycles. The van der Waals surface area contributed by atoms with Gasteiger partial charge in [0, 0.05) is 11.6 Å². The van der Waals surface area contributed by atoms with E-state index in [1.54, 1.807) is 11.6 Å². The van der Waals surface area contributed by atoms with Crippen LogP contribution in [-0.4, -0.2) is 41.7 Å². The van der Waals surface area contributed by atoms with Crippen molar-refractivity contribution in [2.75, 3.05) is 19.8 Å². The number of phosphoric acid groups is 1. The Labute approximate surface area is 208 Å². The smallest absolute Gasteiger partial charge is 0.350 e. The van der Waals surface area contributed by atoms with Gasteiger partial charge in [0.1, 0.15) is 6.10 Å². The summed E-state index contributed by atoms with van der Waals surface area (Å²) in [6.07, 6.45) is 18.9. The molecule has 1 aliphatic rings. The number of aromatic nitrogens is 1. The van der Waals surface area contributed by atoms with Gasteiger partial charge >= 0.3 is 12.7 Å². The Kier molecular flexibility index (Phi) is 15.6. The van der Waals surface area contributed by atoms with Crippen molar-refractivity contribution in [3.63, 3.8) is 0 Å². The number of unbranched alkanes of at least 4 members (excludes halogenated alkanes) is 12. The van der Waals surface area contributed by atoms with Crippen LogP contribution in [0.2, 0.25) is 0 Å². The molecule has 1 saturated heterocycles. The Hall–Kier alpha value is -0.540. The third-order valence-electron chi connectivity index (χ3n) is 6.01. The third-order valence-corrected chi connectivity index (χ3v) is 7.69. The van der Waals surface area contributed by atoms with Gasteiger partial charge in [-0.15, -0.1) is 0 Å². The lowest BCUT2D eigenvalue weighted by molar-refractivity contribution is -0.0702. The minimum absolute atomic E-state index is 0.0682. The Morgan fingerprint density at radius 1 is 1.03 bits per heavy atom. The molecule has 0 radical (unpaired) electrons. The topological polar surface area (TPSA) is 96.2 Å². The second-order valence-electron chi connectivity index (χ2n) is 9.01. The van der Waals surface area contributed by atoms with E-state index in [1.165, 1.54) is 81.6 Å². The summed E-state index contributed by atoms with van der Waals surface area (Å²) >= 11 is 1.06. The van der Waals surface area contributed by atoms with Crippen LogP contribution in [0.3, 0.4) is 0 Å². The van der Waals surface area contributed by atoms with E-state index >= 15 is 0 Å². The van der Waals surface area contributed by atoms with E-state index in [1.807, 2.05) is 0 Å². The van der Waals surface area contributed by atoms with E-state index < -0.39 is 7.82 Å². The Morgan fingerprint density at radius 2 is 1.65 bits per heavy atom. The lowest BCUT2D eigenvalue weighted by Gasteiger charge is -2.15. The van der Waals surface area contributed by atoms with Crippen LogP contribution in [0, 0.1) is 0 Å². The van der Waals surface area contributed by atoms with Gasteiger partial charge in [-0.2, -0.15) is 0 Å². The van der Waals surface area contributed by atoms with Crippen LogP contribution < -0.4 is 4.87 Å². The highest BCUT2D eigenvalue weighted by atomic mass is 32.1. The van der Waals surface area contributed by atoms with Gasteiger partial charge in [-0.25, -0.2) is 4.57 Å². The number of ether oxygens (including phenoxy) is 2. The summed E-state index contributed by atoms with van der Waals surface area (Å²) in [6.45, 7) is 2.64. The summed E-state index contributed by atoms with van der Waals surface area (Å²) in [5.74, 6) is 0. The van der Waals surface area contributed by atoms with Crippen molar-refractivity contribution >= 4 is 19.2 Å². The number of phosphoric ester groups is 1. The van der Waals surface area contributed by atoms with Crippen molar-refractivity contribution in [3.8, 4) is 0 Å². The number of hydrogen-bond donors (Lipinski definition) is 1. The summed E-state index contributed by atoms with van der Waals surface area (Å²) in [6, 6.07) is 0. The minimum atomic E-state index is -4.20.